The van der Waals surface area contributed by atoms with Crippen LogP contribution in [-0.4, -0.2) is 41.3 Å². The van der Waals surface area contributed by atoms with E-state index in [0.29, 0.717) is 11.7 Å². The minimum absolute atomic E-state index is 0.206. The van der Waals surface area contributed by atoms with Gasteiger partial charge in [0.1, 0.15) is 11.6 Å². The van der Waals surface area contributed by atoms with Gasteiger partial charge in [-0.05, 0) is 49.7 Å². The van der Waals surface area contributed by atoms with Crippen LogP contribution < -0.4 is 9.80 Å². The Morgan fingerprint density at radius 3 is 2.54 bits per heavy atom. The summed E-state index contributed by atoms with van der Waals surface area (Å²) in [5.41, 5.74) is 1.92. The van der Waals surface area contributed by atoms with Gasteiger partial charge in [0.05, 0.1) is 0 Å². The molecule has 1 aliphatic heterocycles. The third kappa shape index (κ3) is 3.51. The van der Waals surface area contributed by atoms with Gasteiger partial charge >= 0.3 is 0 Å². The van der Waals surface area contributed by atoms with Crippen LogP contribution >= 0.6 is 0 Å². The van der Waals surface area contributed by atoms with Crippen LogP contribution in [-0.2, 0) is 0 Å². The summed E-state index contributed by atoms with van der Waals surface area (Å²) in [6, 6.07) is 10.5. The molecule has 134 valence electrons. The fraction of sp³-hybridized carbons (Fsp3) is 0.316. The van der Waals surface area contributed by atoms with Gasteiger partial charge in [-0.15, -0.1) is 0 Å². The van der Waals surface area contributed by atoms with Gasteiger partial charge in [0, 0.05) is 43.6 Å². The van der Waals surface area contributed by atoms with Crippen molar-refractivity contribution in [2.75, 3.05) is 36.0 Å². The highest BCUT2D eigenvalue weighted by molar-refractivity contribution is 5.59. The number of hydrogen-bond donors (Lipinski definition) is 0. The summed E-state index contributed by atoms with van der Waals surface area (Å²) in [5.74, 6) is 1.82. The number of nitrogens with zero attached hydrogens (tertiary/aromatic N) is 5. The highest BCUT2D eigenvalue weighted by atomic mass is 19.1. The van der Waals surface area contributed by atoms with Crippen molar-refractivity contribution in [2.45, 2.75) is 13.3 Å². The van der Waals surface area contributed by atoms with Crippen molar-refractivity contribution in [1.82, 2.24) is 15.1 Å². The van der Waals surface area contributed by atoms with Crippen LogP contribution in [0.1, 0.15) is 12.2 Å². The zero-order chi connectivity index (χ0) is 17.9. The molecule has 1 saturated heterocycles. The SMILES string of the molecule is Cc1noc(-c2ccnc(N3CCCN(c4ccc(F)cc4)CC3)c2)n1. The van der Waals surface area contributed by atoms with Gasteiger partial charge in [0.25, 0.3) is 5.89 Å². The van der Waals surface area contributed by atoms with Crippen molar-refractivity contribution in [3.63, 3.8) is 0 Å². The maximum absolute atomic E-state index is 13.1. The molecule has 6 nitrogen and oxygen atoms in total. The number of hydrogen-bond acceptors (Lipinski definition) is 6. The number of aromatic nitrogens is 3. The fourth-order valence-electron chi connectivity index (χ4n) is 3.20. The molecule has 0 radical (unpaired) electrons. The van der Waals surface area contributed by atoms with Crippen LogP contribution in [0, 0.1) is 12.7 Å². The van der Waals surface area contributed by atoms with E-state index in [1.807, 2.05) is 24.3 Å². The molecule has 3 aromatic rings. The summed E-state index contributed by atoms with van der Waals surface area (Å²) in [4.78, 5) is 13.3. The van der Waals surface area contributed by atoms with Crippen molar-refractivity contribution in [1.29, 1.82) is 0 Å². The standard InChI is InChI=1S/C19H20FN5O/c1-14-22-19(26-23-14)15-7-8-21-18(13-15)25-10-2-9-24(11-12-25)17-5-3-16(20)4-6-17/h3-8,13H,2,9-12H2,1H3. The van der Waals surface area contributed by atoms with Gasteiger partial charge in [-0.1, -0.05) is 5.16 Å². The average Bonchev–Trinajstić information content (AvgIpc) is 2.95. The Morgan fingerprint density at radius 1 is 1.00 bits per heavy atom. The van der Waals surface area contributed by atoms with Crippen LogP contribution in [0.25, 0.3) is 11.5 Å². The van der Waals surface area contributed by atoms with Gasteiger partial charge in [0.15, 0.2) is 5.82 Å². The lowest BCUT2D eigenvalue weighted by Gasteiger charge is -2.24. The zero-order valence-corrected chi connectivity index (χ0v) is 14.6. The van der Waals surface area contributed by atoms with Crippen LogP contribution in [0.3, 0.4) is 0 Å². The zero-order valence-electron chi connectivity index (χ0n) is 14.6. The number of aryl methyl sites for hydroxylation is 1. The molecule has 26 heavy (non-hydrogen) atoms. The van der Waals surface area contributed by atoms with E-state index in [9.17, 15) is 4.39 Å². The molecule has 7 heteroatoms. The molecule has 0 amide bonds. The summed E-state index contributed by atoms with van der Waals surface area (Å²) in [6.45, 7) is 5.35. The third-order valence-electron chi connectivity index (χ3n) is 4.53. The van der Waals surface area contributed by atoms with E-state index in [0.717, 1.165) is 49.7 Å². The van der Waals surface area contributed by atoms with Crippen molar-refractivity contribution < 1.29 is 8.91 Å². The number of halogens is 1. The van der Waals surface area contributed by atoms with Gasteiger partial charge in [0.2, 0.25) is 0 Å². The highest BCUT2D eigenvalue weighted by Crippen LogP contribution is 2.23. The van der Waals surface area contributed by atoms with Gasteiger partial charge in [-0.2, -0.15) is 4.98 Å². The molecule has 0 saturated carbocycles. The molecule has 3 heterocycles. The van der Waals surface area contributed by atoms with Crippen molar-refractivity contribution in [3.8, 4) is 11.5 Å². The summed E-state index contributed by atoms with van der Waals surface area (Å²) in [6.07, 6.45) is 2.77. The molecule has 2 aromatic heterocycles. The monoisotopic (exact) mass is 353 g/mol. The summed E-state index contributed by atoms with van der Waals surface area (Å²) in [7, 11) is 0. The first kappa shape index (κ1) is 16.5. The van der Waals surface area contributed by atoms with Crippen molar-refractivity contribution in [3.05, 3.63) is 54.2 Å². The normalized spacial score (nSPS) is 15.2. The Bertz CT molecular complexity index is 880. The predicted octanol–water partition coefficient (Wildman–Crippen LogP) is 3.30. The first-order valence-electron chi connectivity index (χ1n) is 8.71. The summed E-state index contributed by atoms with van der Waals surface area (Å²) in [5, 5.41) is 3.85. The molecular weight excluding hydrogens is 333 g/mol. The maximum atomic E-state index is 13.1. The Hall–Kier alpha value is -2.96. The molecule has 4 rings (SSSR count). The topological polar surface area (TPSA) is 58.3 Å². The molecule has 0 N–H and O–H groups in total. The van der Waals surface area contributed by atoms with Crippen LogP contribution in [0.15, 0.2) is 47.1 Å². The maximum Gasteiger partial charge on any atom is 0.258 e. The Labute approximate surface area is 151 Å². The molecule has 1 aliphatic rings. The van der Waals surface area contributed by atoms with Crippen molar-refractivity contribution in [2.24, 2.45) is 0 Å². The third-order valence-corrected chi connectivity index (χ3v) is 4.53. The summed E-state index contributed by atoms with van der Waals surface area (Å²) >= 11 is 0. The first-order valence-corrected chi connectivity index (χ1v) is 8.71. The smallest absolute Gasteiger partial charge is 0.258 e. The number of anilines is 2. The van der Waals surface area contributed by atoms with E-state index in [1.54, 1.807) is 13.1 Å². The molecule has 0 spiro atoms. The Balaban J connectivity index is 1.50. The molecule has 0 atom stereocenters. The fourth-order valence-corrected chi connectivity index (χ4v) is 3.20. The lowest BCUT2D eigenvalue weighted by molar-refractivity contribution is 0.425. The molecular formula is C19H20FN5O. The van der Waals surface area contributed by atoms with E-state index in [-0.39, 0.29) is 5.82 Å². The molecule has 0 aliphatic carbocycles. The van der Waals surface area contributed by atoms with E-state index in [2.05, 4.69) is 24.9 Å². The lowest BCUT2D eigenvalue weighted by atomic mass is 10.2. The Morgan fingerprint density at radius 2 is 1.77 bits per heavy atom. The van der Waals surface area contributed by atoms with Gasteiger partial charge < -0.3 is 14.3 Å². The van der Waals surface area contributed by atoms with E-state index >= 15 is 0 Å². The van der Waals surface area contributed by atoms with E-state index < -0.39 is 0 Å². The van der Waals surface area contributed by atoms with Crippen LogP contribution in [0.5, 0.6) is 0 Å². The Kier molecular flexibility index (Phi) is 4.51. The largest absolute Gasteiger partial charge is 0.370 e. The van der Waals surface area contributed by atoms with Crippen LogP contribution in [0.4, 0.5) is 15.9 Å². The number of rotatable bonds is 3. The minimum Gasteiger partial charge on any atom is -0.370 e. The van der Waals surface area contributed by atoms with E-state index in [4.69, 9.17) is 4.52 Å². The molecule has 0 unspecified atom stereocenters. The number of benzene rings is 1. The van der Waals surface area contributed by atoms with Crippen molar-refractivity contribution >= 4 is 11.5 Å². The van der Waals surface area contributed by atoms with Gasteiger partial charge in [-0.25, -0.2) is 9.37 Å². The first-order chi connectivity index (χ1) is 12.7. The predicted molar refractivity (Wildman–Crippen MR) is 97.7 cm³/mol. The van der Waals surface area contributed by atoms with Crippen LogP contribution in [0.2, 0.25) is 0 Å². The average molecular weight is 353 g/mol. The number of pyridine rings is 1. The second-order valence-electron chi connectivity index (χ2n) is 6.35. The molecule has 0 bridgehead atoms. The quantitative estimate of drug-likeness (QED) is 0.720. The van der Waals surface area contributed by atoms with Gasteiger partial charge in [-0.3, -0.25) is 0 Å². The molecule has 1 aromatic carbocycles. The molecule has 1 fully saturated rings. The highest BCUT2D eigenvalue weighted by Gasteiger charge is 2.17. The second kappa shape index (κ2) is 7.11. The second-order valence-corrected chi connectivity index (χ2v) is 6.35. The van der Waals surface area contributed by atoms with E-state index in [1.165, 1.54) is 12.1 Å². The summed E-state index contributed by atoms with van der Waals surface area (Å²) < 4.78 is 18.4. The lowest BCUT2D eigenvalue weighted by Crippen LogP contribution is -2.31. The minimum atomic E-state index is -0.206.